The molecule has 3 aromatic carbocycles. The molecule has 3 aliphatic heterocycles. The number of aromatic hydroxyl groups is 1. The van der Waals surface area contributed by atoms with Crippen molar-refractivity contribution in [1.29, 1.82) is 0 Å². The summed E-state index contributed by atoms with van der Waals surface area (Å²) in [5, 5.41) is 40.1. The van der Waals surface area contributed by atoms with E-state index >= 15 is 0 Å². The number of nitrogens with one attached hydrogen (secondary N) is 1. The Morgan fingerprint density at radius 1 is 1.09 bits per heavy atom. The normalized spacial score (nSPS) is 27.7. The van der Waals surface area contributed by atoms with E-state index in [1.54, 1.807) is 19.1 Å². The van der Waals surface area contributed by atoms with Crippen LogP contribution in [0.25, 0.3) is 43.6 Å². The van der Waals surface area contributed by atoms with Crippen molar-refractivity contribution in [2.45, 2.75) is 44.1 Å². The Morgan fingerprint density at radius 2 is 1.91 bits per heavy atom. The molecule has 3 aliphatic rings. The van der Waals surface area contributed by atoms with Gasteiger partial charge in [0.1, 0.15) is 18.1 Å². The number of fused-ring (bicyclic) bond motifs is 13. The maximum Gasteiger partial charge on any atom is 0.252 e. The number of aliphatic hydroxyl groups is 2. The summed E-state index contributed by atoms with van der Waals surface area (Å²) in [5.41, 5.74) is 2.99. The van der Waals surface area contributed by atoms with Crippen molar-refractivity contribution in [3.8, 4) is 5.75 Å². The van der Waals surface area contributed by atoms with Crippen LogP contribution in [0.2, 0.25) is 0 Å². The molecule has 34 heavy (non-hydrogen) atoms. The first-order valence-corrected chi connectivity index (χ1v) is 11.5. The molecule has 8 nitrogen and oxygen atoms in total. The molecule has 4 N–H and O–H groups in total. The van der Waals surface area contributed by atoms with Crippen molar-refractivity contribution in [2.75, 3.05) is 0 Å². The molecule has 0 radical (unpaired) electrons. The van der Waals surface area contributed by atoms with Crippen molar-refractivity contribution in [3.63, 3.8) is 0 Å². The Hall–Kier alpha value is -3.59. The first kappa shape index (κ1) is 18.8. The third-order valence-electron chi connectivity index (χ3n) is 8.03. The molecule has 1 fully saturated rings. The minimum absolute atomic E-state index is 0.112. The fourth-order valence-corrected chi connectivity index (χ4v) is 6.72. The van der Waals surface area contributed by atoms with Crippen LogP contribution in [0.3, 0.4) is 0 Å². The third kappa shape index (κ3) is 1.89. The van der Waals surface area contributed by atoms with Crippen molar-refractivity contribution >= 4 is 49.5 Å². The van der Waals surface area contributed by atoms with Gasteiger partial charge in [0.25, 0.3) is 5.91 Å². The van der Waals surface area contributed by atoms with E-state index in [1.165, 1.54) is 0 Å². The summed E-state index contributed by atoms with van der Waals surface area (Å²) in [6.45, 7) is 2.14. The number of aromatic nitrogens is 2. The van der Waals surface area contributed by atoms with E-state index < -0.39 is 24.2 Å². The summed E-state index contributed by atoms with van der Waals surface area (Å²) in [4.78, 5) is 13.2. The number of carbonyl (C=O) groups excluding carboxylic acids is 1. The average Bonchev–Trinajstić information content (AvgIpc) is 3.44. The van der Waals surface area contributed by atoms with Gasteiger partial charge in [-0.3, -0.25) is 4.79 Å². The first-order valence-electron chi connectivity index (χ1n) is 11.5. The molecular formula is C26H21N3O5. The SMILES string of the molecule is C[C@@H]1O[C@@H]2C[C@](O)([C@H]1O)n1c3ccccc3c3c4c(c5c6cc(O)ccc6n2c5c31)C(=O)NC4. The predicted molar refractivity (Wildman–Crippen MR) is 126 cm³/mol. The minimum Gasteiger partial charge on any atom is -0.508 e. The number of carbonyl (C=O) groups is 1. The number of amides is 1. The maximum absolute atomic E-state index is 13.2. The van der Waals surface area contributed by atoms with E-state index in [0.29, 0.717) is 12.1 Å². The smallest absolute Gasteiger partial charge is 0.252 e. The van der Waals surface area contributed by atoms with Gasteiger partial charge in [-0.2, -0.15) is 0 Å². The van der Waals surface area contributed by atoms with Crippen molar-refractivity contribution < 1.29 is 24.9 Å². The van der Waals surface area contributed by atoms with E-state index in [0.717, 1.165) is 49.2 Å². The molecule has 2 bridgehead atoms. The number of phenolic OH excluding ortho intramolecular Hbond substituents is 1. The Labute approximate surface area is 192 Å². The van der Waals surface area contributed by atoms with Gasteiger partial charge in [-0.25, -0.2) is 0 Å². The summed E-state index contributed by atoms with van der Waals surface area (Å²) in [7, 11) is 0. The minimum atomic E-state index is -1.61. The van der Waals surface area contributed by atoms with Crippen LogP contribution in [-0.4, -0.2) is 42.6 Å². The lowest BCUT2D eigenvalue weighted by Gasteiger charge is -2.44. The molecule has 2 aromatic heterocycles. The number of hydrogen-bond acceptors (Lipinski definition) is 5. The second-order valence-corrected chi connectivity index (χ2v) is 9.73. The van der Waals surface area contributed by atoms with Crippen LogP contribution in [0.15, 0.2) is 42.5 Å². The number of benzene rings is 3. The van der Waals surface area contributed by atoms with Gasteiger partial charge in [0.2, 0.25) is 0 Å². The highest BCUT2D eigenvalue weighted by atomic mass is 16.5. The Kier molecular flexibility index (Phi) is 3.16. The maximum atomic E-state index is 13.2. The van der Waals surface area contributed by atoms with Gasteiger partial charge in [0.05, 0.1) is 33.7 Å². The molecule has 4 atom stereocenters. The van der Waals surface area contributed by atoms with Gasteiger partial charge in [-0.05, 0) is 36.8 Å². The molecule has 1 saturated heterocycles. The van der Waals surface area contributed by atoms with E-state index in [2.05, 4.69) is 5.32 Å². The van der Waals surface area contributed by atoms with Gasteiger partial charge in [0, 0.05) is 34.5 Å². The number of hydrogen-bond donors (Lipinski definition) is 4. The van der Waals surface area contributed by atoms with Crippen molar-refractivity contribution in [3.05, 3.63) is 53.6 Å². The van der Waals surface area contributed by atoms with Gasteiger partial charge in [-0.1, -0.05) is 18.2 Å². The van der Waals surface area contributed by atoms with Gasteiger partial charge < -0.3 is 34.5 Å². The summed E-state index contributed by atoms with van der Waals surface area (Å²) < 4.78 is 10.2. The average molecular weight is 455 g/mol. The molecule has 0 unspecified atom stereocenters. The fraction of sp³-hybridized carbons (Fsp3) is 0.269. The lowest BCUT2D eigenvalue weighted by atomic mass is 9.93. The highest BCUT2D eigenvalue weighted by Crippen LogP contribution is 2.53. The monoisotopic (exact) mass is 455 g/mol. The number of nitrogens with zero attached hydrogens (tertiary/aromatic N) is 2. The number of ether oxygens (including phenoxy) is 1. The molecule has 0 spiro atoms. The Morgan fingerprint density at radius 3 is 2.76 bits per heavy atom. The summed E-state index contributed by atoms with van der Waals surface area (Å²) in [6, 6.07) is 12.9. The first-order chi connectivity index (χ1) is 16.4. The quantitative estimate of drug-likeness (QED) is 0.287. The van der Waals surface area contributed by atoms with Crippen molar-refractivity contribution in [2.24, 2.45) is 0 Å². The third-order valence-corrected chi connectivity index (χ3v) is 8.03. The van der Waals surface area contributed by atoms with Crippen molar-refractivity contribution in [1.82, 2.24) is 14.5 Å². The van der Waals surface area contributed by atoms with Gasteiger partial charge >= 0.3 is 0 Å². The lowest BCUT2D eigenvalue weighted by Crippen LogP contribution is -2.55. The predicted octanol–water partition coefficient (Wildman–Crippen LogP) is 3.18. The number of rotatable bonds is 0. The van der Waals surface area contributed by atoms with E-state index in [4.69, 9.17) is 4.74 Å². The molecule has 8 rings (SSSR count). The number of para-hydroxylation sites is 1. The van der Waals surface area contributed by atoms with Gasteiger partial charge in [0.15, 0.2) is 5.72 Å². The molecule has 5 aromatic rings. The lowest BCUT2D eigenvalue weighted by molar-refractivity contribution is -0.257. The molecule has 0 aliphatic carbocycles. The second kappa shape index (κ2) is 5.72. The van der Waals surface area contributed by atoms with Crippen LogP contribution in [0.4, 0.5) is 0 Å². The van der Waals surface area contributed by atoms with E-state index in [1.807, 2.05) is 39.5 Å². The van der Waals surface area contributed by atoms with Crippen LogP contribution < -0.4 is 5.32 Å². The summed E-state index contributed by atoms with van der Waals surface area (Å²) >= 11 is 0. The van der Waals surface area contributed by atoms with Crippen LogP contribution >= 0.6 is 0 Å². The molecular weight excluding hydrogens is 434 g/mol. The molecule has 8 heteroatoms. The zero-order chi connectivity index (χ0) is 23.1. The summed E-state index contributed by atoms with van der Waals surface area (Å²) in [5.74, 6) is -0.0439. The topological polar surface area (TPSA) is 109 Å². The van der Waals surface area contributed by atoms with Crippen LogP contribution in [0.5, 0.6) is 5.75 Å². The standard InChI is InChI=1S/C26H21N3O5/c1-11-24(31)26(33)9-18(34-11)28-16-7-6-12(30)8-14(16)20-21-15(10-27-25(21)32)19-13-4-2-3-5-17(13)29(26)23(19)22(20)28/h2-8,11,18,24,30-31,33H,9-10H2,1H3,(H,27,32)/t11-,18+,24-,26-/m0/s1. The van der Waals surface area contributed by atoms with E-state index in [9.17, 15) is 20.1 Å². The van der Waals surface area contributed by atoms with E-state index in [-0.39, 0.29) is 18.1 Å². The summed E-state index contributed by atoms with van der Waals surface area (Å²) in [6.07, 6.45) is -2.21. The highest BCUT2D eigenvalue weighted by molar-refractivity contribution is 6.31. The molecule has 5 heterocycles. The highest BCUT2D eigenvalue weighted by Gasteiger charge is 2.52. The zero-order valence-electron chi connectivity index (χ0n) is 18.2. The molecule has 1 amide bonds. The fourth-order valence-electron chi connectivity index (χ4n) is 6.72. The van der Waals surface area contributed by atoms with Crippen LogP contribution in [-0.2, 0) is 17.0 Å². The van der Waals surface area contributed by atoms with Gasteiger partial charge in [-0.15, -0.1) is 0 Å². The molecule has 170 valence electrons. The number of aliphatic hydroxyl groups excluding tert-OH is 1. The second-order valence-electron chi connectivity index (χ2n) is 9.73. The number of phenols is 1. The molecule has 0 saturated carbocycles. The van der Waals surface area contributed by atoms with Crippen LogP contribution in [0, 0.1) is 0 Å². The Bertz CT molecular complexity index is 1770. The zero-order valence-corrected chi connectivity index (χ0v) is 18.2. The Balaban J connectivity index is 1.77. The van der Waals surface area contributed by atoms with Crippen LogP contribution in [0.1, 0.15) is 35.5 Å². The largest absolute Gasteiger partial charge is 0.508 e.